The van der Waals surface area contributed by atoms with Gasteiger partial charge in [-0.2, -0.15) is 0 Å². The lowest BCUT2D eigenvalue weighted by Crippen LogP contribution is -2.24. The van der Waals surface area contributed by atoms with Crippen LogP contribution in [0.5, 0.6) is 0 Å². The number of rotatable bonds is 5. The minimum absolute atomic E-state index is 0.0424. The molecular formula is C20H19ClN2O3S. The number of fused-ring (bicyclic) bond motifs is 3. The molecule has 1 aliphatic carbocycles. The molecule has 3 aromatic rings. The van der Waals surface area contributed by atoms with E-state index in [2.05, 4.69) is 0 Å². The number of ether oxygens (including phenoxy) is 1. The Bertz CT molecular complexity index is 1090. The maximum Gasteiger partial charge on any atom is 0.305 e. The molecule has 5 nitrogen and oxygen atoms in total. The second kappa shape index (κ2) is 7.44. The third-order valence-electron chi connectivity index (χ3n) is 4.93. The summed E-state index contributed by atoms with van der Waals surface area (Å²) < 4.78 is 6.37. The van der Waals surface area contributed by atoms with Crippen molar-refractivity contribution in [2.75, 3.05) is 7.11 Å². The molecule has 27 heavy (non-hydrogen) atoms. The van der Waals surface area contributed by atoms with Gasteiger partial charge in [0.25, 0.3) is 5.56 Å². The predicted octanol–water partition coefficient (Wildman–Crippen LogP) is 4.22. The Morgan fingerprint density at radius 2 is 2.15 bits per heavy atom. The van der Waals surface area contributed by atoms with Crippen molar-refractivity contribution in [3.05, 3.63) is 50.1 Å². The summed E-state index contributed by atoms with van der Waals surface area (Å²) in [6.07, 6.45) is 3.79. The fraction of sp³-hybridized carbons (Fsp3) is 0.350. The van der Waals surface area contributed by atoms with Crippen LogP contribution in [0.25, 0.3) is 21.6 Å². The molecule has 140 valence electrons. The van der Waals surface area contributed by atoms with E-state index in [4.69, 9.17) is 21.3 Å². The monoisotopic (exact) mass is 402 g/mol. The second-order valence-corrected chi connectivity index (χ2v) is 8.08. The number of benzene rings is 1. The second-order valence-electron chi connectivity index (χ2n) is 6.59. The summed E-state index contributed by atoms with van der Waals surface area (Å²) in [5, 5.41) is 1.29. The summed E-state index contributed by atoms with van der Waals surface area (Å²) in [7, 11) is 1.37. The zero-order chi connectivity index (χ0) is 19.0. The molecule has 0 radical (unpaired) electrons. The van der Waals surface area contributed by atoms with Gasteiger partial charge in [-0.3, -0.25) is 14.2 Å². The van der Waals surface area contributed by atoms with Crippen molar-refractivity contribution >= 4 is 39.1 Å². The lowest BCUT2D eigenvalue weighted by atomic mass is 10.1. The molecule has 2 aromatic heterocycles. The molecule has 0 N–H and O–H groups in total. The minimum Gasteiger partial charge on any atom is -0.469 e. The Morgan fingerprint density at radius 1 is 1.33 bits per heavy atom. The number of carbonyl (C=O) groups excluding carboxylic acids is 1. The molecule has 0 spiro atoms. The topological polar surface area (TPSA) is 61.2 Å². The van der Waals surface area contributed by atoms with Gasteiger partial charge in [0.05, 0.1) is 17.5 Å². The maximum atomic E-state index is 13.4. The highest BCUT2D eigenvalue weighted by Crippen LogP contribution is 2.36. The molecule has 0 saturated heterocycles. The van der Waals surface area contributed by atoms with Crippen molar-refractivity contribution in [3.63, 3.8) is 0 Å². The number of aryl methyl sites for hydroxylation is 2. The standard InChI is InChI=1S/C20H19ClN2O3S/c1-26-16(24)10-5-11-23-18(12-6-2-3-8-14(12)21)22-19-17(20(23)25)13-7-4-9-15(13)27-19/h2-3,6,8H,4-5,7,9-11H2,1H3. The van der Waals surface area contributed by atoms with Gasteiger partial charge in [0, 0.05) is 23.4 Å². The van der Waals surface area contributed by atoms with Crippen molar-refractivity contribution in [3.8, 4) is 11.4 Å². The van der Waals surface area contributed by atoms with Crippen molar-refractivity contribution in [1.82, 2.24) is 9.55 Å². The summed E-state index contributed by atoms with van der Waals surface area (Å²) >= 11 is 8.00. The smallest absolute Gasteiger partial charge is 0.305 e. The van der Waals surface area contributed by atoms with Gasteiger partial charge in [-0.25, -0.2) is 4.98 Å². The lowest BCUT2D eigenvalue weighted by Gasteiger charge is -2.13. The highest BCUT2D eigenvalue weighted by molar-refractivity contribution is 7.18. The van der Waals surface area contributed by atoms with Gasteiger partial charge < -0.3 is 4.74 Å². The van der Waals surface area contributed by atoms with E-state index < -0.39 is 0 Å². The number of thiophene rings is 1. The van der Waals surface area contributed by atoms with Crippen LogP contribution < -0.4 is 5.56 Å². The van der Waals surface area contributed by atoms with Crippen LogP contribution in [0, 0.1) is 0 Å². The number of nitrogens with zero attached hydrogens (tertiary/aromatic N) is 2. The zero-order valence-corrected chi connectivity index (χ0v) is 16.5. The molecule has 7 heteroatoms. The van der Waals surface area contributed by atoms with Crippen LogP contribution in [0.1, 0.15) is 29.7 Å². The van der Waals surface area contributed by atoms with E-state index in [1.165, 1.54) is 12.0 Å². The highest BCUT2D eigenvalue weighted by atomic mass is 35.5. The van der Waals surface area contributed by atoms with Gasteiger partial charge in [0.15, 0.2) is 0 Å². The first-order valence-electron chi connectivity index (χ1n) is 8.97. The van der Waals surface area contributed by atoms with Gasteiger partial charge in [0.2, 0.25) is 0 Å². The number of hydrogen-bond acceptors (Lipinski definition) is 5. The third kappa shape index (κ3) is 3.28. The van der Waals surface area contributed by atoms with Crippen LogP contribution >= 0.6 is 22.9 Å². The van der Waals surface area contributed by atoms with Gasteiger partial charge in [-0.1, -0.05) is 23.7 Å². The van der Waals surface area contributed by atoms with E-state index in [9.17, 15) is 9.59 Å². The summed E-state index contributed by atoms with van der Waals surface area (Å²) in [5.74, 6) is 0.274. The van der Waals surface area contributed by atoms with Crippen LogP contribution in [-0.2, 0) is 28.9 Å². The molecule has 0 saturated carbocycles. The number of halogens is 1. The van der Waals surface area contributed by atoms with Gasteiger partial charge >= 0.3 is 5.97 Å². The number of aromatic nitrogens is 2. The van der Waals surface area contributed by atoms with E-state index in [1.54, 1.807) is 22.0 Å². The number of esters is 1. The summed E-state index contributed by atoms with van der Waals surface area (Å²) in [5.41, 5.74) is 1.84. The highest BCUT2D eigenvalue weighted by Gasteiger charge is 2.24. The van der Waals surface area contributed by atoms with Crippen molar-refractivity contribution < 1.29 is 9.53 Å². The molecule has 0 atom stereocenters. The van der Waals surface area contributed by atoms with Crippen LogP contribution in [0.15, 0.2) is 29.1 Å². The normalized spacial score (nSPS) is 13.1. The summed E-state index contributed by atoms with van der Waals surface area (Å²) in [6.45, 7) is 0.391. The molecule has 2 heterocycles. The average Bonchev–Trinajstić information content (AvgIpc) is 3.24. The number of methoxy groups -OCH3 is 1. The van der Waals surface area contributed by atoms with Crippen molar-refractivity contribution in [2.45, 2.75) is 38.6 Å². The fourth-order valence-electron chi connectivity index (χ4n) is 3.62. The molecule has 1 aliphatic rings. The molecular weight excluding hydrogens is 384 g/mol. The number of hydrogen-bond donors (Lipinski definition) is 0. The summed E-state index contributed by atoms with van der Waals surface area (Å²) in [4.78, 5) is 31.7. The van der Waals surface area contributed by atoms with Crippen LogP contribution in [0.4, 0.5) is 0 Å². The third-order valence-corrected chi connectivity index (χ3v) is 6.45. The molecule has 1 aromatic carbocycles. The first-order valence-corrected chi connectivity index (χ1v) is 10.2. The van der Waals surface area contributed by atoms with Gasteiger partial charge in [-0.15, -0.1) is 11.3 Å². The first kappa shape index (κ1) is 18.2. The quantitative estimate of drug-likeness (QED) is 0.599. The van der Waals surface area contributed by atoms with Crippen LogP contribution in [0.2, 0.25) is 5.02 Å². The minimum atomic E-state index is -0.284. The summed E-state index contributed by atoms with van der Waals surface area (Å²) in [6, 6.07) is 7.39. The van der Waals surface area contributed by atoms with E-state index in [0.29, 0.717) is 23.8 Å². The maximum absolute atomic E-state index is 13.4. The Morgan fingerprint density at radius 3 is 2.93 bits per heavy atom. The number of carbonyl (C=O) groups is 1. The van der Waals surface area contributed by atoms with Gasteiger partial charge in [0.1, 0.15) is 10.7 Å². The Hall–Kier alpha value is -2.18. The van der Waals surface area contributed by atoms with E-state index in [1.807, 2.05) is 18.2 Å². The Labute approximate surface area is 165 Å². The zero-order valence-electron chi connectivity index (χ0n) is 15.0. The molecule has 0 fully saturated rings. The SMILES string of the molecule is COC(=O)CCCn1c(-c2ccccc2Cl)nc2sc3c(c2c1=O)CCC3. The Kier molecular flexibility index (Phi) is 5.02. The van der Waals surface area contributed by atoms with E-state index in [-0.39, 0.29) is 17.9 Å². The molecule has 4 rings (SSSR count). The molecule has 0 amide bonds. The molecule has 0 bridgehead atoms. The van der Waals surface area contributed by atoms with Gasteiger partial charge in [-0.05, 0) is 43.4 Å². The van der Waals surface area contributed by atoms with E-state index in [0.717, 1.165) is 40.6 Å². The fourth-order valence-corrected chi connectivity index (χ4v) is 5.09. The lowest BCUT2D eigenvalue weighted by molar-refractivity contribution is -0.140. The van der Waals surface area contributed by atoms with Crippen LogP contribution in [-0.4, -0.2) is 22.6 Å². The molecule has 0 unspecified atom stereocenters. The van der Waals surface area contributed by atoms with E-state index >= 15 is 0 Å². The van der Waals surface area contributed by atoms with Crippen molar-refractivity contribution in [1.29, 1.82) is 0 Å². The Balaban J connectivity index is 1.87. The molecule has 0 aliphatic heterocycles. The average molecular weight is 403 g/mol. The first-order chi connectivity index (χ1) is 13.1. The van der Waals surface area contributed by atoms with Crippen LogP contribution in [0.3, 0.4) is 0 Å². The van der Waals surface area contributed by atoms with Crippen molar-refractivity contribution in [2.24, 2.45) is 0 Å². The predicted molar refractivity (Wildman–Crippen MR) is 108 cm³/mol. The largest absolute Gasteiger partial charge is 0.469 e.